The summed E-state index contributed by atoms with van der Waals surface area (Å²) < 4.78 is 0. The lowest BCUT2D eigenvalue weighted by Crippen LogP contribution is -1.87. The van der Waals surface area contributed by atoms with Gasteiger partial charge in [0.15, 0.2) is 0 Å². The molecule has 0 aliphatic heterocycles. The van der Waals surface area contributed by atoms with Crippen LogP contribution in [0.2, 0.25) is 0 Å². The van der Waals surface area contributed by atoms with Gasteiger partial charge in [-0.1, -0.05) is 64.0 Å². The van der Waals surface area contributed by atoms with Gasteiger partial charge in [0.05, 0.1) is 0 Å². The van der Waals surface area contributed by atoms with Crippen LogP contribution in [0.1, 0.15) is 57.6 Å². The first-order valence-corrected chi connectivity index (χ1v) is 6.60. The van der Waals surface area contributed by atoms with Gasteiger partial charge < -0.3 is 0 Å². The molecular weight excluding hydrogens is 192 g/mol. The molecule has 0 atom stereocenters. The van der Waals surface area contributed by atoms with Gasteiger partial charge in [-0.3, -0.25) is 0 Å². The second-order valence-electron chi connectivity index (χ2n) is 4.33. The van der Waals surface area contributed by atoms with Crippen molar-refractivity contribution < 1.29 is 0 Å². The lowest BCUT2D eigenvalue weighted by molar-refractivity contribution is 0.921. The maximum atomic E-state index is 2.36. The van der Waals surface area contributed by atoms with Gasteiger partial charge in [0.2, 0.25) is 0 Å². The van der Waals surface area contributed by atoms with Crippen LogP contribution in [0.15, 0.2) is 30.3 Å². The van der Waals surface area contributed by atoms with E-state index in [1.165, 1.54) is 42.4 Å². The van der Waals surface area contributed by atoms with Gasteiger partial charge in [0.25, 0.3) is 0 Å². The van der Waals surface area contributed by atoms with Crippen molar-refractivity contribution in [3.63, 3.8) is 0 Å². The van der Waals surface area contributed by atoms with Crippen LogP contribution >= 0.6 is 0 Å². The van der Waals surface area contributed by atoms with Crippen LogP contribution in [0.4, 0.5) is 0 Å². The van der Waals surface area contributed by atoms with Gasteiger partial charge in [0, 0.05) is 0 Å². The van der Waals surface area contributed by atoms with Crippen molar-refractivity contribution in [1.29, 1.82) is 0 Å². The summed E-state index contributed by atoms with van der Waals surface area (Å²) in [5.41, 5.74) is 4.37. The zero-order chi connectivity index (χ0) is 11.8. The molecule has 0 unspecified atom stereocenters. The van der Waals surface area contributed by atoms with E-state index in [9.17, 15) is 0 Å². The lowest BCUT2D eigenvalue weighted by atomic mass is 9.98. The summed E-state index contributed by atoms with van der Waals surface area (Å²) in [7, 11) is 0. The van der Waals surface area contributed by atoms with Crippen molar-refractivity contribution >= 4 is 5.57 Å². The molecule has 0 heteroatoms. The third kappa shape index (κ3) is 3.84. The third-order valence-electron chi connectivity index (χ3n) is 2.83. The second kappa shape index (κ2) is 7.27. The van der Waals surface area contributed by atoms with Crippen LogP contribution < -0.4 is 0 Å². The van der Waals surface area contributed by atoms with Crippen LogP contribution in [0, 0.1) is 0 Å². The van der Waals surface area contributed by atoms with Crippen molar-refractivity contribution in [3.8, 4) is 0 Å². The van der Waals surface area contributed by atoms with Gasteiger partial charge in [-0.2, -0.15) is 0 Å². The maximum Gasteiger partial charge on any atom is -0.0228 e. The number of hydrogen-bond donors (Lipinski definition) is 0. The summed E-state index contributed by atoms with van der Waals surface area (Å²) in [5.74, 6) is 0. The predicted molar refractivity (Wildman–Crippen MR) is 73.6 cm³/mol. The van der Waals surface area contributed by atoms with Crippen LogP contribution in [-0.4, -0.2) is 0 Å². The maximum absolute atomic E-state index is 2.36. The highest BCUT2D eigenvalue weighted by Crippen LogP contribution is 2.21. The summed E-state index contributed by atoms with van der Waals surface area (Å²) >= 11 is 0. The number of hydrogen-bond acceptors (Lipinski definition) is 0. The van der Waals surface area contributed by atoms with Gasteiger partial charge in [0.1, 0.15) is 0 Å². The first-order valence-electron chi connectivity index (χ1n) is 6.60. The minimum Gasteiger partial charge on any atom is -0.0810 e. The van der Waals surface area contributed by atoms with Crippen molar-refractivity contribution in [2.75, 3.05) is 0 Å². The molecule has 0 aromatic heterocycles. The highest BCUT2D eigenvalue weighted by Gasteiger charge is 2.00. The molecule has 0 N–H and O–H groups in total. The number of allylic oxidation sites excluding steroid dienone is 2. The molecule has 0 aliphatic carbocycles. The molecule has 88 valence electrons. The van der Waals surface area contributed by atoms with Crippen molar-refractivity contribution in [2.24, 2.45) is 0 Å². The molecule has 0 amide bonds. The largest absolute Gasteiger partial charge is 0.0810 e. The first kappa shape index (κ1) is 13.0. The minimum absolute atomic E-state index is 1.13. The fraction of sp³-hybridized carbons (Fsp3) is 0.500. The normalized spacial score (nSPS) is 11.8. The Balaban J connectivity index is 2.81. The molecule has 1 aromatic rings. The SMILES string of the molecule is CCC=C(CCC)c1ccc(CCC)cc1. The molecule has 0 spiro atoms. The van der Waals surface area contributed by atoms with Crippen LogP contribution in [-0.2, 0) is 6.42 Å². The molecule has 0 fully saturated rings. The van der Waals surface area contributed by atoms with E-state index >= 15 is 0 Å². The first-order chi connectivity index (χ1) is 7.81. The smallest absolute Gasteiger partial charge is 0.0228 e. The van der Waals surface area contributed by atoms with Crippen molar-refractivity contribution in [3.05, 3.63) is 41.5 Å². The Labute approximate surface area is 100 Å². The van der Waals surface area contributed by atoms with E-state index in [1.807, 2.05) is 0 Å². The molecule has 0 radical (unpaired) electrons. The highest BCUT2D eigenvalue weighted by molar-refractivity contribution is 5.65. The minimum atomic E-state index is 1.13. The number of aryl methyl sites for hydroxylation is 1. The summed E-state index contributed by atoms with van der Waals surface area (Å²) in [6, 6.07) is 9.11. The Bertz CT molecular complexity index is 316. The van der Waals surface area contributed by atoms with Crippen molar-refractivity contribution in [1.82, 2.24) is 0 Å². The molecule has 0 bridgehead atoms. The summed E-state index contributed by atoms with van der Waals surface area (Å²) in [4.78, 5) is 0. The van der Waals surface area contributed by atoms with Gasteiger partial charge >= 0.3 is 0 Å². The summed E-state index contributed by atoms with van der Waals surface area (Å²) in [6.07, 6.45) is 8.33. The molecule has 0 nitrogen and oxygen atoms in total. The molecule has 0 saturated carbocycles. The van der Waals surface area contributed by atoms with Gasteiger partial charge in [-0.05, 0) is 36.0 Å². The average Bonchev–Trinajstić information content (AvgIpc) is 2.30. The zero-order valence-corrected chi connectivity index (χ0v) is 10.9. The van der Waals surface area contributed by atoms with E-state index in [-0.39, 0.29) is 0 Å². The Morgan fingerprint density at radius 1 is 1.00 bits per heavy atom. The molecule has 0 heterocycles. The molecule has 0 aliphatic rings. The van der Waals surface area contributed by atoms with Crippen LogP contribution in [0.3, 0.4) is 0 Å². The summed E-state index contributed by atoms with van der Waals surface area (Å²) in [5, 5.41) is 0. The van der Waals surface area contributed by atoms with E-state index in [4.69, 9.17) is 0 Å². The van der Waals surface area contributed by atoms with E-state index in [2.05, 4.69) is 51.1 Å². The average molecular weight is 216 g/mol. The van der Waals surface area contributed by atoms with E-state index in [0.717, 1.165) is 6.42 Å². The summed E-state index contributed by atoms with van der Waals surface area (Å²) in [6.45, 7) is 6.68. The third-order valence-corrected chi connectivity index (χ3v) is 2.83. The Morgan fingerprint density at radius 2 is 1.69 bits per heavy atom. The quantitative estimate of drug-likeness (QED) is 0.610. The fourth-order valence-corrected chi connectivity index (χ4v) is 2.05. The molecule has 0 saturated heterocycles. The molecule has 1 aromatic carbocycles. The van der Waals surface area contributed by atoms with Gasteiger partial charge in [-0.25, -0.2) is 0 Å². The molecular formula is C16H24. The van der Waals surface area contributed by atoms with E-state index in [0.29, 0.717) is 0 Å². The molecule has 1 rings (SSSR count). The highest BCUT2D eigenvalue weighted by atomic mass is 14.1. The monoisotopic (exact) mass is 216 g/mol. The van der Waals surface area contributed by atoms with E-state index < -0.39 is 0 Å². The molecule has 16 heavy (non-hydrogen) atoms. The Morgan fingerprint density at radius 3 is 2.19 bits per heavy atom. The van der Waals surface area contributed by atoms with Gasteiger partial charge in [-0.15, -0.1) is 0 Å². The number of rotatable bonds is 6. The van der Waals surface area contributed by atoms with Crippen LogP contribution in [0.5, 0.6) is 0 Å². The van der Waals surface area contributed by atoms with Crippen molar-refractivity contribution in [2.45, 2.75) is 52.9 Å². The fourth-order valence-electron chi connectivity index (χ4n) is 2.05. The standard InChI is InChI=1S/C16H24/c1-4-7-14-10-12-16(13-11-14)15(8-5-2)9-6-3/h8,10-13H,4-7,9H2,1-3H3. The lowest BCUT2D eigenvalue weighted by Gasteiger charge is -2.07. The van der Waals surface area contributed by atoms with Crippen LogP contribution in [0.25, 0.3) is 5.57 Å². The zero-order valence-electron chi connectivity index (χ0n) is 10.9. The van der Waals surface area contributed by atoms with E-state index in [1.54, 1.807) is 0 Å². The number of benzene rings is 1. The Kier molecular flexibility index (Phi) is 5.92. The second-order valence-corrected chi connectivity index (χ2v) is 4.33. The Hall–Kier alpha value is -1.04. The predicted octanol–water partition coefficient (Wildman–Crippen LogP) is 5.23. The topological polar surface area (TPSA) is 0 Å².